The molecule has 0 saturated carbocycles. The average molecular weight is 287 g/mol. The first-order chi connectivity index (χ1) is 9.98. The molecule has 0 aromatic heterocycles. The average Bonchev–Trinajstić information content (AvgIpc) is 2.74. The number of esters is 1. The fraction of sp³-hybridized carbons (Fsp3) is 0.471. The summed E-state index contributed by atoms with van der Waals surface area (Å²) < 4.78 is 11.2. The SMILES string of the molecule is C#CCNC(C(=O)OCC)c1cccc2c1OC(C)(C)C2. The monoisotopic (exact) mass is 287 g/mol. The molecule has 0 saturated heterocycles. The van der Waals surface area contributed by atoms with Gasteiger partial charge in [0, 0.05) is 12.0 Å². The van der Waals surface area contributed by atoms with Crippen LogP contribution in [0.25, 0.3) is 0 Å². The van der Waals surface area contributed by atoms with Gasteiger partial charge < -0.3 is 9.47 Å². The van der Waals surface area contributed by atoms with Crippen molar-refractivity contribution in [2.24, 2.45) is 0 Å². The van der Waals surface area contributed by atoms with Gasteiger partial charge in [-0.1, -0.05) is 24.1 Å². The Bertz CT molecular complexity index is 572. The quantitative estimate of drug-likeness (QED) is 0.666. The molecule has 1 aliphatic rings. The van der Waals surface area contributed by atoms with E-state index in [0.717, 1.165) is 23.3 Å². The number of hydrogen-bond donors (Lipinski definition) is 1. The van der Waals surface area contributed by atoms with E-state index in [1.807, 2.05) is 32.0 Å². The lowest BCUT2D eigenvalue weighted by molar-refractivity contribution is -0.145. The third-order valence-corrected chi connectivity index (χ3v) is 3.36. The largest absolute Gasteiger partial charge is 0.487 e. The topological polar surface area (TPSA) is 47.6 Å². The Morgan fingerprint density at radius 2 is 2.33 bits per heavy atom. The van der Waals surface area contributed by atoms with Crippen molar-refractivity contribution in [1.82, 2.24) is 5.32 Å². The minimum Gasteiger partial charge on any atom is -0.487 e. The molecule has 0 bridgehead atoms. The van der Waals surface area contributed by atoms with Crippen molar-refractivity contribution in [2.45, 2.75) is 38.8 Å². The van der Waals surface area contributed by atoms with E-state index in [2.05, 4.69) is 11.2 Å². The van der Waals surface area contributed by atoms with E-state index in [4.69, 9.17) is 15.9 Å². The zero-order valence-electron chi connectivity index (χ0n) is 12.7. The van der Waals surface area contributed by atoms with Crippen LogP contribution in [0.3, 0.4) is 0 Å². The number of carbonyl (C=O) groups is 1. The third-order valence-electron chi connectivity index (χ3n) is 3.36. The minimum atomic E-state index is -0.607. The number of fused-ring (bicyclic) bond motifs is 1. The predicted octanol–water partition coefficient (Wildman–Crippen LogP) is 2.23. The summed E-state index contributed by atoms with van der Waals surface area (Å²) in [5, 5.41) is 3.04. The number of hydrogen-bond acceptors (Lipinski definition) is 4. The Balaban J connectivity index is 2.36. The molecule has 4 heteroatoms. The number of para-hydroxylation sites is 1. The molecule has 0 amide bonds. The van der Waals surface area contributed by atoms with E-state index >= 15 is 0 Å². The lowest BCUT2D eigenvalue weighted by Gasteiger charge is -2.21. The highest BCUT2D eigenvalue weighted by Crippen LogP contribution is 2.40. The first kappa shape index (κ1) is 15.4. The lowest BCUT2D eigenvalue weighted by atomic mass is 9.98. The summed E-state index contributed by atoms with van der Waals surface area (Å²) in [5.74, 6) is 2.92. The Morgan fingerprint density at radius 1 is 1.57 bits per heavy atom. The van der Waals surface area contributed by atoms with Crippen molar-refractivity contribution < 1.29 is 14.3 Å². The van der Waals surface area contributed by atoms with Crippen LogP contribution in [0.4, 0.5) is 0 Å². The van der Waals surface area contributed by atoms with Crippen LogP contribution in [0.15, 0.2) is 18.2 Å². The van der Waals surface area contributed by atoms with E-state index in [9.17, 15) is 4.79 Å². The molecule has 1 aliphatic heterocycles. The second kappa shape index (κ2) is 6.19. The van der Waals surface area contributed by atoms with Crippen molar-refractivity contribution in [3.8, 4) is 18.1 Å². The van der Waals surface area contributed by atoms with Crippen molar-refractivity contribution in [3.05, 3.63) is 29.3 Å². The van der Waals surface area contributed by atoms with Crippen molar-refractivity contribution in [1.29, 1.82) is 0 Å². The fourth-order valence-corrected chi connectivity index (χ4v) is 2.57. The number of terminal acetylenes is 1. The Hall–Kier alpha value is -1.99. The molecule has 4 nitrogen and oxygen atoms in total. The van der Waals surface area contributed by atoms with Gasteiger partial charge in [-0.3, -0.25) is 5.32 Å². The van der Waals surface area contributed by atoms with Crippen LogP contribution in [-0.2, 0) is 16.0 Å². The fourth-order valence-electron chi connectivity index (χ4n) is 2.57. The Kier molecular flexibility index (Phi) is 4.54. The van der Waals surface area contributed by atoms with Gasteiger partial charge in [-0.05, 0) is 26.3 Å². The molecule has 2 rings (SSSR count). The van der Waals surface area contributed by atoms with Crippen LogP contribution < -0.4 is 10.1 Å². The van der Waals surface area contributed by atoms with Gasteiger partial charge in [-0.15, -0.1) is 6.42 Å². The predicted molar refractivity (Wildman–Crippen MR) is 81.1 cm³/mol. The van der Waals surface area contributed by atoms with Gasteiger partial charge in [0.2, 0.25) is 0 Å². The van der Waals surface area contributed by atoms with Gasteiger partial charge in [-0.2, -0.15) is 0 Å². The molecular weight excluding hydrogens is 266 g/mol. The van der Waals surface area contributed by atoms with Crippen molar-refractivity contribution >= 4 is 5.97 Å². The van der Waals surface area contributed by atoms with E-state index in [-0.39, 0.29) is 18.1 Å². The highest BCUT2D eigenvalue weighted by Gasteiger charge is 2.35. The van der Waals surface area contributed by atoms with E-state index in [1.54, 1.807) is 6.92 Å². The van der Waals surface area contributed by atoms with Gasteiger partial charge in [0.05, 0.1) is 13.2 Å². The summed E-state index contributed by atoms with van der Waals surface area (Å²) in [6.07, 6.45) is 6.11. The normalized spacial score (nSPS) is 16.5. The summed E-state index contributed by atoms with van der Waals surface area (Å²) in [6.45, 7) is 6.46. The summed E-state index contributed by atoms with van der Waals surface area (Å²) in [7, 11) is 0. The number of benzene rings is 1. The highest BCUT2D eigenvalue weighted by atomic mass is 16.5. The maximum absolute atomic E-state index is 12.2. The van der Waals surface area contributed by atoms with Gasteiger partial charge in [0.25, 0.3) is 0 Å². The molecular formula is C17H21NO3. The highest BCUT2D eigenvalue weighted by molar-refractivity contribution is 5.79. The first-order valence-electron chi connectivity index (χ1n) is 7.13. The summed E-state index contributed by atoms with van der Waals surface area (Å²) in [4.78, 5) is 12.2. The van der Waals surface area contributed by atoms with Crippen LogP contribution in [0.5, 0.6) is 5.75 Å². The van der Waals surface area contributed by atoms with Gasteiger partial charge >= 0.3 is 5.97 Å². The first-order valence-corrected chi connectivity index (χ1v) is 7.13. The molecule has 0 radical (unpaired) electrons. The van der Waals surface area contributed by atoms with E-state index < -0.39 is 6.04 Å². The number of ether oxygens (including phenoxy) is 2. The molecule has 1 unspecified atom stereocenters. The Morgan fingerprint density at radius 3 is 3.00 bits per heavy atom. The molecule has 1 N–H and O–H groups in total. The van der Waals surface area contributed by atoms with Crippen LogP contribution in [0, 0.1) is 12.3 Å². The standard InChI is InChI=1S/C17H21NO3/c1-5-10-18-14(16(19)20-6-2)13-9-7-8-12-11-17(3,4)21-15(12)13/h1,7-9,14,18H,6,10-11H2,2-4H3. The molecule has 1 heterocycles. The molecule has 1 atom stereocenters. The summed E-state index contributed by atoms with van der Waals surface area (Å²) >= 11 is 0. The van der Waals surface area contributed by atoms with Crippen LogP contribution in [0.2, 0.25) is 0 Å². The van der Waals surface area contributed by atoms with Gasteiger partial charge in [-0.25, -0.2) is 4.79 Å². The molecule has 0 spiro atoms. The van der Waals surface area contributed by atoms with Crippen LogP contribution >= 0.6 is 0 Å². The zero-order chi connectivity index (χ0) is 15.5. The Labute approximate surface area is 125 Å². The molecule has 1 aromatic rings. The summed E-state index contributed by atoms with van der Waals surface area (Å²) in [5.41, 5.74) is 1.63. The number of rotatable bonds is 5. The second-order valence-corrected chi connectivity index (χ2v) is 5.64. The third kappa shape index (κ3) is 3.37. The van der Waals surface area contributed by atoms with Crippen molar-refractivity contribution in [3.63, 3.8) is 0 Å². The number of nitrogens with one attached hydrogen (secondary N) is 1. The van der Waals surface area contributed by atoms with Gasteiger partial charge in [0.15, 0.2) is 0 Å². The molecule has 21 heavy (non-hydrogen) atoms. The lowest BCUT2D eigenvalue weighted by Crippen LogP contribution is -2.31. The molecule has 0 aliphatic carbocycles. The second-order valence-electron chi connectivity index (χ2n) is 5.64. The molecule has 0 fully saturated rings. The zero-order valence-corrected chi connectivity index (χ0v) is 12.7. The maximum atomic E-state index is 12.2. The van der Waals surface area contributed by atoms with E-state index in [1.165, 1.54) is 0 Å². The number of carbonyl (C=O) groups excluding carboxylic acids is 1. The summed E-state index contributed by atoms with van der Waals surface area (Å²) in [6, 6.07) is 5.23. The van der Waals surface area contributed by atoms with Crippen LogP contribution in [-0.4, -0.2) is 24.7 Å². The van der Waals surface area contributed by atoms with E-state index in [0.29, 0.717) is 6.61 Å². The van der Waals surface area contributed by atoms with Crippen LogP contribution in [0.1, 0.15) is 37.9 Å². The van der Waals surface area contributed by atoms with Gasteiger partial charge in [0.1, 0.15) is 17.4 Å². The smallest absolute Gasteiger partial charge is 0.327 e. The van der Waals surface area contributed by atoms with Crippen molar-refractivity contribution in [2.75, 3.05) is 13.2 Å². The minimum absolute atomic E-state index is 0.260. The molecule has 112 valence electrons. The maximum Gasteiger partial charge on any atom is 0.327 e. The molecule has 1 aromatic carbocycles.